The molecule has 20 heavy (non-hydrogen) atoms. The lowest BCUT2D eigenvalue weighted by atomic mass is 10.1. The van der Waals surface area contributed by atoms with Gasteiger partial charge in [-0.25, -0.2) is 0 Å². The number of nitrogens with zero attached hydrogens (tertiary/aromatic N) is 2. The van der Waals surface area contributed by atoms with E-state index in [4.69, 9.17) is 0 Å². The summed E-state index contributed by atoms with van der Waals surface area (Å²) < 4.78 is 1.66. The van der Waals surface area contributed by atoms with Crippen LogP contribution in [-0.2, 0) is 6.54 Å². The van der Waals surface area contributed by atoms with Crippen molar-refractivity contribution in [2.75, 3.05) is 13.1 Å². The van der Waals surface area contributed by atoms with Crippen LogP contribution in [0.25, 0.3) is 0 Å². The summed E-state index contributed by atoms with van der Waals surface area (Å²) in [4.78, 5) is 22.6. The number of carbonyl (C=O) groups excluding carboxylic acids is 1. The second-order valence-corrected chi connectivity index (χ2v) is 5.05. The number of nitro groups is 1. The largest absolute Gasteiger partial charge is 0.347 e. The molecule has 0 spiro atoms. The maximum absolute atomic E-state index is 12.3. The number of aromatic nitrogens is 1. The van der Waals surface area contributed by atoms with Crippen molar-refractivity contribution in [3.63, 3.8) is 0 Å². The number of piperidine rings is 1. The average Bonchev–Trinajstić information content (AvgIpc) is 2.85. The summed E-state index contributed by atoms with van der Waals surface area (Å²) in [5.74, 6) is -0.236. The number of hydrogen-bond acceptors (Lipinski definition) is 4. The lowest BCUT2D eigenvalue weighted by Gasteiger charge is -2.23. The van der Waals surface area contributed by atoms with Crippen molar-refractivity contribution < 1.29 is 9.72 Å². The molecule has 1 aromatic heterocycles. The van der Waals surface area contributed by atoms with Gasteiger partial charge in [-0.3, -0.25) is 14.9 Å². The zero-order valence-electron chi connectivity index (χ0n) is 11.6. The van der Waals surface area contributed by atoms with Gasteiger partial charge in [0.25, 0.3) is 11.6 Å². The third-order valence-corrected chi connectivity index (χ3v) is 3.42. The van der Waals surface area contributed by atoms with Crippen LogP contribution in [0.4, 0.5) is 5.69 Å². The fourth-order valence-electron chi connectivity index (χ4n) is 2.45. The SMILES string of the molecule is CCCn1cc([N+](=O)[O-])cc1C(=O)N[C@@H]1CCCNC1. The monoisotopic (exact) mass is 280 g/mol. The molecule has 2 heterocycles. The van der Waals surface area contributed by atoms with Crippen LogP contribution in [0.5, 0.6) is 0 Å². The summed E-state index contributed by atoms with van der Waals surface area (Å²) in [6, 6.07) is 1.45. The first-order valence-corrected chi connectivity index (χ1v) is 6.98. The third kappa shape index (κ3) is 3.36. The quantitative estimate of drug-likeness (QED) is 0.628. The van der Waals surface area contributed by atoms with Crippen LogP contribution in [0.1, 0.15) is 36.7 Å². The predicted octanol–water partition coefficient (Wildman–Crippen LogP) is 1.29. The van der Waals surface area contributed by atoms with Crippen molar-refractivity contribution in [2.24, 2.45) is 0 Å². The maximum Gasteiger partial charge on any atom is 0.287 e. The summed E-state index contributed by atoms with van der Waals surface area (Å²) in [5, 5.41) is 17.0. The van der Waals surface area contributed by atoms with Crippen LogP contribution in [0, 0.1) is 10.1 Å². The molecule has 2 rings (SSSR count). The molecule has 0 aliphatic carbocycles. The first-order valence-electron chi connectivity index (χ1n) is 6.98. The molecule has 110 valence electrons. The molecule has 0 aromatic carbocycles. The fourth-order valence-corrected chi connectivity index (χ4v) is 2.45. The zero-order chi connectivity index (χ0) is 14.5. The first-order chi connectivity index (χ1) is 9.61. The zero-order valence-corrected chi connectivity index (χ0v) is 11.6. The highest BCUT2D eigenvalue weighted by molar-refractivity contribution is 5.93. The van der Waals surface area contributed by atoms with Crippen molar-refractivity contribution >= 4 is 11.6 Å². The van der Waals surface area contributed by atoms with E-state index in [-0.39, 0.29) is 17.6 Å². The summed E-state index contributed by atoms with van der Waals surface area (Å²) in [5.41, 5.74) is 0.328. The van der Waals surface area contributed by atoms with Crippen molar-refractivity contribution in [3.05, 3.63) is 28.1 Å². The minimum Gasteiger partial charge on any atom is -0.347 e. The summed E-state index contributed by atoms with van der Waals surface area (Å²) >= 11 is 0. The number of hydrogen-bond donors (Lipinski definition) is 2. The van der Waals surface area contributed by atoms with Crippen molar-refractivity contribution in [1.82, 2.24) is 15.2 Å². The van der Waals surface area contributed by atoms with Gasteiger partial charge in [-0.15, -0.1) is 0 Å². The molecule has 0 bridgehead atoms. The van der Waals surface area contributed by atoms with E-state index in [0.29, 0.717) is 12.2 Å². The fraction of sp³-hybridized carbons (Fsp3) is 0.615. The molecule has 7 nitrogen and oxygen atoms in total. The van der Waals surface area contributed by atoms with Gasteiger partial charge in [-0.1, -0.05) is 6.92 Å². The predicted molar refractivity (Wildman–Crippen MR) is 74.7 cm³/mol. The van der Waals surface area contributed by atoms with Crippen LogP contribution >= 0.6 is 0 Å². The molecular weight excluding hydrogens is 260 g/mol. The van der Waals surface area contributed by atoms with Gasteiger partial charge in [0.15, 0.2) is 0 Å². The molecule has 0 unspecified atom stereocenters. The molecule has 0 saturated carbocycles. The Bertz CT molecular complexity index is 492. The van der Waals surface area contributed by atoms with E-state index in [2.05, 4.69) is 10.6 Å². The number of carbonyl (C=O) groups is 1. The van der Waals surface area contributed by atoms with Crippen molar-refractivity contribution in [1.29, 1.82) is 0 Å². The van der Waals surface area contributed by atoms with Gasteiger partial charge in [0.05, 0.1) is 11.1 Å². The standard InChI is InChI=1S/C13H20N4O3/c1-2-6-16-9-11(17(19)20)7-12(16)13(18)15-10-4-3-5-14-8-10/h7,9-10,14H,2-6,8H2,1H3,(H,15,18)/t10-/m1/s1. The Kier molecular flexibility index (Phi) is 4.73. The van der Waals surface area contributed by atoms with Gasteiger partial charge < -0.3 is 15.2 Å². The summed E-state index contributed by atoms with van der Waals surface area (Å²) in [7, 11) is 0. The maximum atomic E-state index is 12.3. The molecule has 1 aliphatic rings. The van der Waals surface area contributed by atoms with E-state index in [1.807, 2.05) is 6.92 Å². The molecule has 7 heteroatoms. The van der Waals surface area contributed by atoms with Gasteiger partial charge in [0, 0.05) is 25.2 Å². The van der Waals surface area contributed by atoms with Crippen molar-refractivity contribution in [3.8, 4) is 0 Å². The van der Waals surface area contributed by atoms with E-state index < -0.39 is 4.92 Å². The highest BCUT2D eigenvalue weighted by Gasteiger charge is 2.22. The Morgan fingerprint density at radius 1 is 1.65 bits per heavy atom. The third-order valence-electron chi connectivity index (χ3n) is 3.42. The number of amides is 1. The molecule has 1 aliphatic heterocycles. The lowest BCUT2D eigenvalue weighted by Crippen LogP contribution is -2.46. The summed E-state index contributed by atoms with van der Waals surface area (Å²) in [6.07, 6.45) is 4.21. The van der Waals surface area contributed by atoms with Gasteiger partial charge in [-0.05, 0) is 25.8 Å². The van der Waals surface area contributed by atoms with E-state index in [1.165, 1.54) is 12.3 Å². The Morgan fingerprint density at radius 2 is 2.45 bits per heavy atom. The Hall–Kier alpha value is -1.89. The molecule has 1 aromatic rings. The Morgan fingerprint density at radius 3 is 3.05 bits per heavy atom. The molecule has 1 saturated heterocycles. The van der Waals surface area contributed by atoms with E-state index in [9.17, 15) is 14.9 Å². The minimum absolute atomic E-state index is 0.0367. The number of aryl methyl sites for hydroxylation is 1. The van der Waals surface area contributed by atoms with E-state index in [0.717, 1.165) is 32.4 Å². The van der Waals surface area contributed by atoms with Gasteiger partial charge in [0.2, 0.25) is 0 Å². The molecule has 0 radical (unpaired) electrons. The highest BCUT2D eigenvalue weighted by atomic mass is 16.6. The van der Waals surface area contributed by atoms with Gasteiger partial charge >= 0.3 is 0 Å². The lowest BCUT2D eigenvalue weighted by molar-refractivity contribution is -0.384. The van der Waals surface area contributed by atoms with E-state index in [1.54, 1.807) is 4.57 Å². The molecule has 1 atom stereocenters. The normalized spacial score (nSPS) is 18.8. The van der Waals surface area contributed by atoms with Crippen LogP contribution < -0.4 is 10.6 Å². The van der Waals surface area contributed by atoms with Crippen LogP contribution in [0.2, 0.25) is 0 Å². The molecular formula is C13H20N4O3. The van der Waals surface area contributed by atoms with Crippen LogP contribution in [0.3, 0.4) is 0 Å². The molecule has 1 fully saturated rings. The Balaban J connectivity index is 2.12. The number of rotatable bonds is 5. The van der Waals surface area contributed by atoms with Crippen molar-refractivity contribution in [2.45, 2.75) is 38.8 Å². The second-order valence-electron chi connectivity index (χ2n) is 5.05. The smallest absolute Gasteiger partial charge is 0.287 e. The topological polar surface area (TPSA) is 89.2 Å². The minimum atomic E-state index is -0.467. The average molecular weight is 280 g/mol. The Labute approximate surface area is 117 Å². The molecule has 1 amide bonds. The first kappa shape index (κ1) is 14.5. The highest BCUT2D eigenvalue weighted by Crippen LogP contribution is 2.17. The molecule has 2 N–H and O–H groups in total. The number of nitrogens with one attached hydrogen (secondary N) is 2. The van der Waals surface area contributed by atoms with Crippen LogP contribution in [0.15, 0.2) is 12.3 Å². The second kappa shape index (κ2) is 6.51. The summed E-state index contributed by atoms with van der Waals surface area (Å²) in [6.45, 7) is 4.30. The van der Waals surface area contributed by atoms with E-state index >= 15 is 0 Å². The van der Waals surface area contributed by atoms with Gasteiger partial charge in [-0.2, -0.15) is 0 Å². The van der Waals surface area contributed by atoms with Crippen LogP contribution in [-0.4, -0.2) is 34.5 Å². The van der Waals surface area contributed by atoms with Gasteiger partial charge in [0.1, 0.15) is 5.69 Å².